The summed E-state index contributed by atoms with van der Waals surface area (Å²) in [7, 11) is -3.89. The Morgan fingerprint density at radius 1 is 1.13 bits per heavy atom. The molecule has 0 saturated heterocycles. The van der Waals surface area contributed by atoms with E-state index in [1.165, 1.54) is 0 Å². The van der Waals surface area contributed by atoms with Crippen LogP contribution in [0.3, 0.4) is 0 Å². The Bertz CT molecular complexity index is 1340. The minimum atomic E-state index is -3.89. The van der Waals surface area contributed by atoms with Gasteiger partial charge in [0.1, 0.15) is 12.7 Å². The topological polar surface area (TPSA) is 93.3 Å². The van der Waals surface area contributed by atoms with Crippen LogP contribution in [-0.4, -0.2) is 44.4 Å². The van der Waals surface area contributed by atoms with Gasteiger partial charge in [0, 0.05) is 11.9 Å². The summed E-state index contributed by atoms with van der Waals surface area (Å²) in [5, 5.41) is 12.2. The van der Waals surface area contributed by atoms with Crippen molar-refractivity contribution in [2.24, 2.45) is 0 Å². The number of rotatable bonds is 5. The summed E-state index contributed by atoms with van der Waals surface area (Å²) in [6.07, 6.45) is -0.217. The van der Waals surface area contributed by atoms with Crippen molar-refractivity contribution in [3.8, 4) is 11.5 Å². The average molecular weight is 423 g/mol. The molecule has 2 heterocycles. The van der Waals surface area contributed by atoms with Gasteiger partial charge in [0.2, 0.25) is 9.84 Å². The van der Waals surface area contributed by atoms with Crippen LogP contribution >= 0.6 is 0 Å². The number of hydrogen-bond acceptors (Lipinski definition) is 6. The van der Waals surface area contributed by atoms with Gasteiger partial charge in [-0.05, 0) is 30.1 Å². The van der Waals surface area contributed by atoms with Gasteiger partial charge in [0.05, 0.1) is 15.8 Å². The van der Waals surface area contributed by atoms with Gasteiger partial charge in [-0.25, -0.2) is 8.42 Å². The van der Waals surface area contributed by atoms with Crippen molar-refractivity contribution in [1.29, 1.82) is 0 Å². The smallest absolute Gasteiger partial charge is 0.224 e. The quantitative estimate of drug-likeness (QED) is 0.512. The minimum Gasteiger partial charge on any atom is -0.486 e. The second kappa shape index (κ2) is 7.30. The summed E-state index contributed by atoms with van der Waals surface area (Å²) in [4.78, 5) is 0.227. The SMILES string of the molecule is CCNC[C@@H]1COc2ccc3n[nH]c(S(=O)(=O)c4cccc5ccccc45)c3c2O1. The molecule has 30 heavy (non-hydrogen) atoms. The van der Waals surface area contributed by atoms with E-state index in [0.29, 0.717) is 40.9 Å². The van der Waals surface area contributed by atoms with E-state index in [4.69, 9.17) is 9.47 Å². The van der Waals surface area contributed by atoms with Gasteiger partial charge in [-0.15, -0.1) is 0 Å². The Hall–Kier alpha value is -3.10. The van der Waals surface area contributed by atoms with Crippen molar-refractivity contribution in [1.82, 2.24) is 15.5 Å². The molecule has 4 aromatic rings. The van der Waals surface area contributed by atoms with Gasteiger partial charge in [0.15, 0.2) is 16.5 Å². The molecule has 1 aliphatic rings. The summed E-state index contributed by atoms with van der Waals surface area (Å²) >= 11 is 0. The van der Waals surface area contributed by atoms with E-state index >= 15 is 0 Å². The van der Waals surface area contributed by atoms with Gasteiger partial charge >= 0.3 is 0 Å². The third kappa shape index (κ3) is 3.00. The molecule has 0 fully saturated rings. The molecule has 3 aromatic carbocycles. The molecular weight excluding hydrogens is 402 g/mol. The first kappa shape index (κ1) is 18.9. The maximum atomic E-state index is 13.7. The molecule has 1 aliphatic heterocycles. The molecule has 154 valence electrons. The molecule has 7 nitrogen and oxygen atoms in total. The predicted octanol–water partition coefficient (Wildman–Crippen LogP) is 3.30. The fraction of sp³-hybridized carbons (Fsp3) is 0.227. The second-order valence-corrected chi connectivity index (χ2v) is 9.03. The fourth-order valence-corrected chi connectivity index (χ4v) is 5.37. The lowest BCUT2D eigenvalue weighted by Gasteiger charge is -2.27. The highest BCUT2D eigenvalue weighted by atomic mass is 32.2. The number of aromatic amines is 1. The zero-order valence-electron chi connectivity index (χ0n) is 16.4. The van der Waals surface area contributed by atoms with Crippen molar-refractivity contribution >= 4 is 31.5 Å². The van der Waals surface area contributed by atoms with Gasteiger partial charge in [-0.1, -0.05) is 43.3 Å². The number of nitrogens with one attached hydrogen (secondary N) is 2. The first-order valence-electron chi connectivity index (χ1n) is 9.83. The minimum absolute atomic E-state index is 0.0124. The van der Waals surface area contributed by atoms with Gasteiger partial charge in [-0.2, -0.15) is 5.10 Å². The number of H-pyrrole nitrogens is 1. The van der Waals surface area contributed by atoms with E-state index in [2.05, 4.69) is 15.5 Å². The van der Waals surface area contributed by atoms with E-state index in [9.17, 15) is 8.42 Å². The van der Waals surface area contributed by atoms with Crippen molar-refractivity contribution < 1.29 is 17.9 Å². The van der Waals surface area contributed by atoms with E-state index in [-0.39, 0.29) is 16.0 Å². The van der Waals surface area contributed by atoms with Crippen molar-refractivity contribution in [2.45, 2.75) is 22.9 Å². The largest absolute Gasteiger partial charge is 0.486 e. The Kier molecular flexibility index (Phi) is 4.60. The van der Waals surface area contributed by atoms with Crippen molar-refractivity contribution in [3.63, 3.8) is 0 Å². The lowest BCUT2D eigenvalue weighted by atomic mass is 10.1. The average Bonchev–Trinajstić information content (AvgIpc) is 3.23. The van der Waals surface area contributed by atoms with Crippen LogP contribution in [-0.2, 0) is 9.84 Å². The van der Waals surface area contributed by atoms with Gasteiger partial charge in [0.25, 0.3) is 0 Å². The molecule has 2 N–H and O–H groups in total. The highest BCUT2D eigenvalue weighted by molar-refractivity contribution is 7.91. The van der Waals surface area contributed by atoms with Crippen molar-refractivity contribution in [2.75, 3.05) is 19.7 Å². The van der Waals surface area contributed by atoms with Crippen LogP contribution in [0, 0.1) is 0 Å². The van der Waals surface area contributed by atoms with E-state index < -0.39 is 9.84 Å². The molecular formula is C22H21N3O4S. The van der Waals surface area contributed by atoms with Crippen LogP contribution in [0.4, 0.5) is 0 Å². The Labute approximate surface area is 173 Å². The summed E-state index contributed by atoms with van der Waals surface area (Å²) in [6.45, 7) is 3.83. The highest BCUT2D eigenvalue weighted by Crippen LogP contribution is 2.42. The van der Waals surface area contributed by atoms with Crippen molar-refractivity contribution in [3.05, 3.63) is 54.6 Å². The standard InChI is InChI=1S/C22H21N3O4S/c1-2-23-12-15-13-28-18-11-10-17-20(21(18)29-15)22(25-24-17)30(26,27)19-9-5-7-14-6-3-4-8-16(14)19/h3-11,15,23H,2,12-13H2,1H3,(H,24,25)/t15-/m1/s1. The van der Waals surface area contributed by atoms with E-state index in [0.717, 1.165) is 11.9 Å². The molecule has 5 rings (SSSR count). The first-order chi connectivity index (χ1) is 14.6. The summed E-state index contributed by atoms with van der Waals surface area (Å²) in [5.41, 5.74) is 0.514. The molecule has 1 aromatic heterocycles. The van der Waals surface area contributed by atoms with Crippen LogP contribution in [0.1, 0.15) is 6.92 Å². The normalized spacial score (nSPS) is 16.2. The monoisotopic (exact) mass is 423 g/mol. The number of aromatic nitrogens is 2. The van der Waals surface area contributed by atoms with E-state index in [1.807, 2.05) is 37.3 Å². The molecule has 0 aliphatic carbocycles. The molecule has 0 saturated carbocycles. The third-order valence-electron chi connectivity index (χ3n) is 5.24. The fourth-order valence-electron chi connectivity index (χ4n) is 3.79. The predicted molar refractivity (Wildman–Crippen MR) is 114 cm³/mol. The molecule has 1 atom stereocenters. The Morgan fingerprint density at radius 2 is 1.97 bits per heavy atom. The lowest BCUT2D eigenvalue weighted by Crippen LogP contribution is -2.38. The summed E-state index contributed by atoms with van der Waals surface area (Å²) < 4.78 is 39.4. The zero-order valence-corrected chi connectivity index (χ0v) is 17.2. The first-order valence-corrected chi connectivity index (χ1v) is 11.3. The van der Waals surface area contributed by atoms with Crippen LogP contribution in [0.2, 0.25) is 0 Å². The summed E-state index contributed by atoms with van der Waals surface area (Å²) in [5.74, 6) is 0.931. The maximum absolute atomic E-state index is 13.7. The Balaban J connectivity index is 1.68. The van der Waals surface area contributed by atoms with Gasteiger partial charge < -0.3 is 14.8 Å². The number of fused-ring (bicyclic) bond motifs is 4. The van der Waals surface area contributed by atoms with Crippen LogP contribution in [0.5, 0.6) is 11.5 Å². The van der Waals surface area contributed by atoms with Gasteiger partial charge in [-0.3, -0.25) is 5.10 Å². The number of ether oxygens (including phenoxy) is 2. The number of likely N-dealkylation sites (N-methyl/N-ethyl adjacent to an activating group) is 1. The highest BCUT2D eigenvalue weighted by Gasteiger charge is 2.31. The molecule has 0 spiro atoms. The number of nitrogens with zero attached hydrogens (tertiary/aromatic N) is 1. The second-order valence-electron chi connectivity index (χ2n) is 7.18. The molecule has 0 unspecified atom stereocenters. The third-order valence-corrected chi connectivity index (χ3v) is 7.01. The number of hydrogen-bond donors (Lipinski definition) is 2. The molecule has 0 amide bonds. The van der Waals surface area contributed by atoms with Crippen LogP contribution < -0.4 is 14.8 Å². The number of sulfone groups is 1. The summed E-state index contributed by atoms with van der Waals surface area (Å²) in [6, 6.07) is 16.2. The Morgan fingerprint density at radius 3 is 2.83 bits per heavy atom. The maximum Gasteiger partial charge on any atom is 0.224 e. The zero-order chi connectivity index (χ0) is 20.7. The lowest BCUT2D eigenvalue weighted by molar-refractivity contribution is 0.0927. The molecule has 8 heteroatoms. The van der Waals surface area contributed by atoms with Crippen LogP contribution in [0.15, 0.2) is 64.5 Å². The van der Waals surface area contributed by atoms with Crippen LogP contribution in [0.25, 0.3) is 21.7 Å². The molecule has 0 bridgehead atoms. The number of benzene rings is 3. The van der Waals surface area contributed by atoms with E-state index in [1.54, 1.807) is 24.3 Å². The molecule has 0 radical (unpaired) electrons.